The maximum Gasteiger partial charge on any atom is 0.128 e. The lowest BCUT2D eigenvalue weighted by atomic mass is 9.48. The molecule has 0 amide bonds. The van der Waals surface area contributed by atoms with Gasteiger partial charge in [0.2, 0.25) is 0 Å². The third-order valence-corrected chi connectivity index (χ3v) is 6.76. The summed E-state index contributed by atoms with van der Waals surface area (Å²) >= 11 is 0. The molecule has 0 saturated heterocycles. The molecule has 0 aliphatic heterocycles. The quantitative estimate of drug-likeness (QED) is 0.571. The fourth-order valence-corrected chi connectivity index (χ4v) is 6.16. The first-order valence-electron chi connectivity index (χ1n) is 9.93. The molecule has 0 unspecified atom stereocenters. The van der Waals surface area contributed by atoms with Gasteiger partial charge >= 0.3 is 0 Å². The van der Waals surface area contributed by atoms with Crippen molar-refractivity contribution < 1.29 is 5.11 Å². The van der Waals surface area contributed by atoms with Crippen molar-refractivity contribution in [2.75, 3.05) is 6.54 Å². The van der Waals surface area contributed by atoms with Gasteiger partial charge in [0, 0.05) is 23.9 Å². The zero-order valence-corrected chi connectivity index (χ0v) is 15.2. The van der Waals surface area contributed by atoms with Crippen LogP contribution in [0.3, 0.4) is 0 Å². The number of aromatic hydroxyl groups is 1. The smallest absolute Gasteiger partial charge is 0.128 e. The van der Waals surface area contributed by atoms with Crippen LogP contribution in [0.1, 0.15) is 75.0 Å². The molecule has 130 valence electrons. The molecule has 4 bridgehead atoms. The predicted molar refractivity (Wildman–Crippen MR) is 100 cm³/mol. The second-order valence-corrected chi connectivity index (χ2v) is 8.84. The summed E-state index contributed by atoms with van der Waals surface area (Å²) in [6.07, 6.45) is 12.4. The summed E-state index contributed by atoms with van der Waals surface area (Å²) in [5.41, 5.74) is 3.67. The highest BCUT2D eigenvalue weighted by Crippen LogP contribution is 2.62. The van der Waals surface area contributed by atoms with E-state index in [0.717, 1.165) is 42.7 Å². The number of phenols is 1. The van der Waals surface area contributed by atoms with Crippen LogP contribution in [0, 0.1) is 24.7 Å². The number of nitrogens with zero attached hydrogens (tertiary/aromatic N) is 1. The molecule has 0 atom stereocenters. The SMILES string of the molecule is CCCCN=Cc1cc(C)cc(C23CC4CC(CC(C4)C2)C3)c1O. The first-order valence-corrected chi connectivity index (χ1v) is 9.93. The van der Waals surface area contributed by atoms with Crippen molar-refractivity contribution in [3.63, 3.8) is 0 Å². The number of hydrogen-bond donors (Lipinski definition) is 1. The topological polar surface area (TPSA) is 32.6 Å². The number of benzene rings is 1. The van der Waals surface area contributed by atoms with Crippen LogP contribution in [0.25, 0.3) is 0 Å². The van der Waals surface area contributed by atoms with Gasteiger partial charge in [-0.2, -0.15) is 0 Å². The van der Waals surface area contributed by atoms with Crippen LogP contribution >= 0.6 is 0 Å². The van der Waals surface area contributed by atoms with Crippen LogP contribution in [0.15, 0.2) is 17.1 Å². The molecule has 24 heavy (non-hydrogen) atoms. The summed E-state index contributed by atoms with van der Waals surface area (Å²) in [6, 6.07) is 4.36. The minimum atomic E-state index is 0.247. The Balaban J connectivity index is 1.68. The molecule has 2 nitrogen and oxygen atoms in total. The summed E-state index contributed by atoms with van der Waals surface area (Å²) in [5.74, 6) is 3.22. The van der Waals surface area contributed by atoms with Crippen LogP contribution in [0.2, 0.25) is 0 Å². The monoisotopic (exact) mass is 325 g/mol. The summed E-state index contributed by atoms with van der Waals surface area (Å²) in [5, 5.41) is 11.0. The second-order valence-electron chi connectivity index (χ2n) is 8.84. The summed E-state index contributed by atoms with van der Waals surface area (Å²) in [4.78, 5) is 4.54. The highest BCUT2D eigenvalue weighted by molar-refractivity contribution is 5.84. The van der Waals surface area contributed by atoms with Gasteiger partial charge in [-0.25, -0.2) is 0 Å². The van der Waals surface area contributed by atoms with Crippen LogP contribution in [0.5, 0.6) is 5.75 Å². The summed E-state index contributed by atoms with van der Waals surface area (Å²) in [7, 11) is 0. The molecule has 0 spiro atoms. The highest BCUT2D eigenvalue weighted by atomic mass is 16.3. The van der Waals surface area contributed by atoms with E-state index in [1.807, 2.05) is 6.21 Å². The standard InChI is InChI=1S/C22H31NO/c1-3-4-5-23-14-19-6-15(2)7-20(21(19)24)22-11-16-8-17(12-22)10-18(9-16)13-22/h6-7,14,16-18,24H,3-5,8-13H2,1-2H3. The Morgan fingerprint density at radius 1 is 1.12 bits per heavy atom. The Morgan fingerprint density at radius 3 is 2.33 bits per heavy atom. The largest absolute Gasteiger partial charge is 0.507 e. The molecule has 4 fully saturated rings. The lowest BCUT2D eigenvalue weighted by Crippen LogP contribution is -2.48. The van der Waals surface area contributed by atoms with Crippen LogP contribution in [-0.2, 0) is 5.41 Å². The fraction of sp³-hybridized carbons (Fsp3) is 0.682. The second kappa shape index (κ2) is 6.20. The van der Waals surface area contributed by atoms with Crippen molar-refractivity contribution in [1.29, 1.82) is 0 Å². The number of aliphatic imine (C=N–C) groups is 1. The maximum absolute atomic E-state index is 11.0. The molecule has 0 aromatic heterocycles. The van der Waals surface area contributed by atoms with Gasteiger partial charge in [-0.1, -0.05) is 19.4 Å². The minimum absolute atomic E-state index is 0.247. The molecule has 1 aromatic carbocycles. The number of phenolic OH excluding ortho intramolecular Hbond substituents is 1. The fourth-order valence-electron chi connectivity index (χ4n) is 6.16. The van der Waals surface area contributed by atoms with Gasteiger partial charge in [-0.05, 0) is 86.7 Å². The third kappa shape index (κ3) is 2.78. The van der Waals surface area contributed by atoms with Crippen LogP contribution in [0.4, 0.5) is 0 Å². The molecule has 0 heterocycles. The average Bonchev–Trinajstić information content (AvgIpc) is 2.53. The molecule has 1 N–H and O–H groups in total. The molecular weight excluding hydrogens is 294 g/mol. The van der Waals surface area contributed by atoms with Crippen molar-refractivity contribution in [3.05, 3.63) is 28.8 Å². The van der Waals surface area contributed by atoms with E-state index in [2.05, 4.69) is 31.0 Å². The van der Waals surface area contributed by atoms with Crippen molar-refractivity contribution in [2.45, 2.75) is 70.6 Å². The minimum Gasteiger partial charge on any atom is -0.507 e. The van der Waals surface area contributed by atoms with E-state index in [0.29, 0.717) is 5.75 Å². The Morgan fingerprint density at radius 2 is 1.75 bits per heavy atom. The molecule has 1 aromatic rings. The first-order chi connectivity index (χ1) is 11.6. The third-order valence-electron chi connectivity index (χ3n) is 6.76. The van der Waals surface area contributed by atoms with E-state index in [9.17, 15) is 5.11 Å². The van der Waals surface area contributed by atoms with E-state index in [1.165, 1.54) is 49.7 Å². The maximum atomic E-state index is 11.0. The average molecular weight is 325 g/mol. The lowest BCUT2D eigenvalue weighted by Gasteiger charge is -2.57. The Labute approximate surface area is 146 Å². The molecule has 2 heteroatoms. The Hall–Kier alpha value is -1.31. The molecule has 0 radical (unpaired) electrons. The zero-order valence-electron chi connectivity index (χ0n) is 15.2. The van der Waals surface area contributed by atoms with E-state index < -0.39 is 0 Å². The molecular formula is C22H31NO. The predicted octanol–water partition coefficient (Wildman–Crippen LogP) is 5.39. The molecule has 5 rings (SSSR count). The molecule has 4 saturated carbocycles. The lowest BCUT2D eigenvalue weighted by molar-refractivity contribution is -0.00616. The summed E-state index contributed by atoms with van der Waals surface area (Å²) in [6.45, 7) is 5.20. The molecule has 4 aliphatic carbocycles. The highest BCUT2D eigenvalue weighted by Gasteiger charge is 2.52. The van der Waals surface area contributed by atoms with E-state index in [-0.39, 0.29) is 5.41 Å². The van der Waals surface area contributed by atoms with E-state index >= 15 is 0 Å². The van der Waals surface area contributed by atoms with Crippen LogP contribution < -0.4 is 0 Å². The molecule has 4 aliphatic rings. The van der Waals surface area contributed by atoms with Gasteiger partial charge in [0.15, 0.2) is 0 Å². The van der Waals surface area contributed by atoms with Crippen molar-refractivity contribution >= 4 is 6.21 Å². The van der Waals surface area contributed by atoms with Gasteiger partial charge in [0.25, 0.3) is 0 Å². The zero-order chi connectivity index (χ0) is 16.7. The van der Waals surface area contributed by atoms with Gasteiger partial charge < -0.3 is 5.11 Å². The summed E-state index contributed by atoms with van der Waals surface area (Å²) < 4.78 is 0. The Bertz CT molecular complexity index is 610. The van der Waals surface area contributed by atoms with E-state index in [4.69, 9.17) is 0 Å². The number of hydrogen-bond acceptors (Lipinski definition) is 2. The van der Waals surface area contributed by atoms with Crippen molar-refractivity contribution in [3.8, 4) is 5.75 Å². The van der Waals surface area contributed by atoms with Gasteiger partial charge in [0.05, 0.1) is 0 Å². The van der Waals surface area contributed by atoms with Gasteiger partial charge in [-0.3, -0.25) is 4.99 Å². The van der Waals surface area contributed by atoms with Crippen molar-refractivity contribution in [2.24, 2.45) is 22.7 Å². The normalized spacial score (nSPS) is 34.3. The Kier molecular flexibility index (Phi) is 4.18. The first kappa shape index (κ1) is 16.2. The van der Waals surface area contributed by atoms with E-state index in [1.54, 1.807) is 0 Å². The number of aryl methyl sites for hydroxylation is 1. The van der Waals surface area contributed by atoms with Gasteiger partial charge in [-0.15, -0.1) is 0 Å². The number of rotatable bonds is 5. The van der Waals surface area contributed by atoms with Gasteiger partial charge in [0.1, 0.15) is 5.75 Å². The van der Waals surface area contributed by atoms with Crippen molar-refractivity contribution in [1.82, 2.24) is 0 Å². The number of unbranched alkanes of at least 4 members (excludes halogenated alkanes) is 1. The van der Waals surface area contributed by atoms with Crippen LogP contribution in [-0.4, -0.2) is 17.9 Å².